The van der Waals surface area contributed by atoms with Gasteiger partial charge in [0, 0.05) is 11.8 Å². The molecule has 6 nitrogen and oxygen atoms in total. The third-order valence-corrected chi connectivity index (χ3v) is 2.77. The van der Waals surface area contributed by atoms with E-state index in [0.717, 1.165) is 0 Å². The zero-order chi connectivity index (χ0) is 15.6. The molecule has 21 heavy (non-hydrogen) atoms. The van der Waals surface area contributed by atoms with Gasteiger partial charge in [-0.2, -0.15) is 5.10 Å². The third-order valence-electron chi connectivity index (χ3n) is 2.77. The number of aromatic nitrogens is 2. The van der Waals surface area contributed by atoms with Gasteiger partial charge in [0.25, 0.3) is 0 Å². The van der Waals surface area contributed by atoms with E-state index in [9.17, 15) is 9.59 Å². The Balaban J connectivity index is 2.42. The van der Waals surface area contributed by atoms with Crippen molar-refractivity contribution in [2.45, 2.75) is 26.9 Å². The molecule has 1 aromatic carbocycles. The van der Waals surface area contributed by atoms with Crippen LogP contribution >= 0.6 is 0 Å². The first-order valence-corrected chi connectivity index (χ1v) is 6.49. The predicted octanol–water partition coefficient (Wildman–Crippen LogP) is 2.03. The number of nitrogens with zero attached hydrogens (tertiary/aromatic N) is 2. The van der Waals surface area contributed by atoms with Crippen LogP contribution in [0.15, 0.2) is 35.3 Å². The maximum absolute atomic E-state index is 11.7. The number of ether oxygens (including phenoxy) is 1. The molecule has 0 saturated heterocycles. The minimum Gasteiger partial charge on any atom is -0.491 e. The van der Waals surface area contributed by atoms with Crippen LogP contribution in [-0.4, -0.2) is 27.0 Å². The third kappa shape index (κ3) is 3.28. The van der Waals surface area contributed by atoms with Crippen molar-refractivity contribution < 1.29 is 14.6 Å². The van der Waals surface area contributed by atoms with Crippen LogP contribution in [-0.2, 0) is 0 Å². The topological polar surface area (TPSA) is 81.4 Å². The van der Waals surface area contributed by atoms with Crippen molar-refractivity contribution in [3.63, 3.8) is 0 Å². The van der Waals surface area contributed by atoms with Crippen LogP contribution in [0.25, 0.3) is 5.69 Å². The number of aryl methyl sites for hydroxylation is 1. The number of benzene rings is 1. The van der Waals surface area contributed by atoms with Crippen molar-refractivity contribution in [3.05, 3.63) is 51.9 Å². The number of hydrogen-bond donors (Lipinski definition) is 1. The van der Waals surface area contributed by atoms with Crippen molar-refractivity contribution in [1.82, 2.24) is 9.78 Å². The summed E-state index contributed by atoms with van der Waals surface area (Å²) in [5, 5.41) is 12.9. The van der Waals surface area contributed by atoms with Crippen molar-refractivity contribution >= 4 is 5.97 Å². The van der Waals surface area contributed by atoms with Crippen LogP contribution in [0.4, 0.5) is 0 Å². The molecular formula is C15H16N2O4. The Morgan fingerprint density at radius 2 is 1.90 bits per heavy atom. The van der Waals surface area contributed by atoms with Crippen LogP contribution < -0.4 is 10.2 Å². The van der Waals surface area contributed by atoms with Gasteiger partial charge in [-0.25, -0.2) is 9.48 Å². The monoisotopic (exact) mass is 288 g/mol. The molecule has 0 spiro atoms. The van der Waals surface area contributed by atoms with Crippen LogP contribution in [0, 0.1) is 6.92 Å². The lowest BCUT2D eigenvalue weighted by molar-refractivity contribution is 0.0686. The minimum atomic E-state index is -1.34. The summed E-state index contributed by atoms with van der Waals surface area (Å²) in [5.41, 5.74) is -0.0855. The second-order valence-corrected chi connectivity index (χ2v) is 4.90. The Labute approximate surface area is 121 Å². The Bertz CT molecular complexity index is 717. The number of carbonyl (C=O) groups is 1. The average molecular weight is 288 g/mol. The maximum Gasteiger partial charge on any atom is 0.360 e. The molecule has 0 aliphatic rings. The second kappa shape index (κ2) is 5.78. The number of rotatable bonds is 4. The molecule has 1 N–H and O–H groups in total. The zero-order valence-electron chi connectivity index (χ0n) is 12.0. The summed E-state index contributed by atoms with van der Waals surface area (Å²) in [6.07, 6.45) is 1.58. The lowest BCUT2D eigenvalue weighted by Crippen LogP contribution is -2.23. The highest BCUT2D eigenvalue weighted by molar-refractivity contribution is 5.85. The Kier molecular flexibility index (Phi) is 4.07. The van der Waals surface area contributed by atoms with E-state index in [1.54, 1.807) is 31.2 Å². The largest absolute Gasteiger partial charge is 0.491 e. The van der Waals surface area contributed by atoms with E-state index in [4.69, 9.17) is 9.84 Å². The van der Waals surface area contributed by atoms with Crippen molar-refractivity contribution in [1.29, 1.82) is 0 Å². The van der Waals surface area contributed by atoms with E-state index < -0.39 is 17.1 Å². The molecule has 0 unspecified atom stereocenters. The fraction of sp³-hybridized carbons (Fsp3) is 0.267. The van der Waals surface area contributed by atoms with Gasteiger partial charge >= 0.3 is 5.97 Å². The van der Waals surface area contributed by atoms with Gasteiger partial charge in [0.05, 0.1) is 11.8 Å². The Hall–Kier alpha value is -2.63. The second-order valence-electron chi connectivity index (χ2n) is 4.90. The number of aromatic carboxylic acids is 1. The van der Waals surface area contributed by atoms with E-state index in [0.29, 0.717) is 17.0 Å². The van der Waals surface area contributed by atoms with Gasteiger partial charge < -0.3 is 9.84 Å². The highest BCUT2D eigenvalue weighted by Crippen LogP contribution is 2.16. The minimum absolute atomic E-state index is 0.0715. The standard InChI is InChI=1S/C15H16N2O4/c1-9(2)21-12-6-4-11(5-7-12)17-8-10(3)14(18)13(16-17)15(19)20/h4-9H,1-3H3,(H,19,20). The van der Waals surface area contributed by atoms with E-state index >= 15 is 0 Å². The summed E-state index contributed by atoms with van der Waals surface area (Å²) in [5.74, 6) is -0.623. The lowest BCUT2D eigenvalue weighted by Gasteiger charge is -2.11. The average Bonchev–Trinajstić information content (AvgIpc) is 2.41. The van der Waals surface area contributed by atoms with Crippen molar-refractivity contribution in [3.8, 4) is 11.4 Å². The fourth-order valence-electron chi connectivity index (χ4n) is 1.83. The zero-order valence-corrected chi connectivity index (χ0v) is 12.0. The van der Waals surface area contributed by atoms with Crippen LogP contribution in [0.2, 0.25) is 0 Å². The van der Waals surface area contributed by atoms with Crippen LogP contribution in [0.5, 0.6) is 5.75 Å². The molecule has 0 radical (unpaired) electrons. The summed E-state index contributed by atoms with van der Waals surface area (Å²) in [7, 11) is 0. The Morgan fingerprint density at radius 1 is 1.29 bits per heavy atom. The first-order valence-electron chi connectivity index (χ1n) is 6.49. The SMILES string of the molecule is Cc1cn(-c2ccc(OC(C)C)cc2)nc(C(=O)O)c1=O. The molecular weight excluding hydrogens is 272 g/mol. The van der Waals surface area contributed by atoms with E-state index in [1.165, 1.54) is 10.9 Å². The highest BCUT2D eigenvalue weighted by Gasteiger charge is 2.14. The Morgan fingerprint density at radius 3 is 2.43 bits per heavy atom. The molecule has 1 aromatic heterocycles. The number of hydrogen-bond acceptors (Lipinski definition) is 4. The quantitative estimate of drug-likeness (QED) is 0.930. The molecule has 2 aromatic rings. The molecule has 0 amide bonds. The van der Waals surface area contributed by atoms with Crippen LogP contribution in [0.1, 0.15) is 29.9 Å². The summed E-state index contributed by atoms with van der Waals surface area (Å²) in [6, 6.07) is 7.04. The smallest absolute Gasteiger partial charge is 0.360 e. The predicted molar refractivity (Wildman–Crippen MR) is 77.3 cm³/mol. The molecule has 2 rings (SSSR count). The van der Waals surface area contributed by atoms with Gasteiger partial charge in [0.15, 0.2) is 0 Å². The summed E-state index contributed by atoms with van der Waals surface area (Å²) < 4.78 is 6.91. The molecule has 0 atom stereocenters. The summed E-state index contributed by atoms with van der Waals surface area (Å²) in [4.78, 5) is 22.7. The van der Waals surface area contributed by atoms with Gasteiger partial charge in [-0.1, -0.05) is 0 Å². The molecule has 0 aliphatic carbocycles. The molecule has 0 fully saturated rings. The lowest BCUT2D eigenvalue weighted by atomic mass is 10.2. The van der Waals surface area contributed by atoms with Gasteiger partial charge in [0.1, 0.15) is 5.75 Å². The van der Waals surface area contributed by atoms with Crippen molar-refractivity contribution in [2.75, 3.05) is 0 Å². The highest BCUT2D eigenvalue weighted by atomic mass is 16.5. The molecule has 0 bridgehead atoms. The summed E-state index contributed by atoms with van der Waals surface area (Å²) >= 11 is 0. The normalized spacial score (nSPS) is 10.7. The first-order chi connectivity index (χ1) is 9.88. The van der Waals surface area contributed by atoms with E-state index in [2.05, 4.69) is 5.10 Å². The fourth-order valence-corrected chi connectivity index (χ4v) is 1.83. The van der Waals surface area contributed by atoms with E-state index in [-0.39, 0.29) is 6.10 Å². The molecule has 0 aliphatic heterocycles. The van der Waals surface area contributed by atoms with Crippen molar-refractivity contribution in [2.24, 2.45) is 0 Å². The molecule has 1 heterocycles. The van der Waals surface area contributed by atoms with Gasteiger partial charge in [-0.3, -0.25) is 4.79 Å². The van der Waals surface area contributed by atoms with Crippen LogP contribution in [0.3, 0.4) is 0 Å². The number of carboxylic acids is 1. The van der Waals surface area contributed by atoms with Gasteiger partial charge in [-0.15, -0.1) is 0 Å². The summed E-state index contributed by atoms with van der Waals surface area (Å²) in [6.45, 7) is 5.42. The van der Waals surface area contributed by atoms with Gasteiger partial charge in [0.2, 0.25) is 11.1 Å². The first kappa shape index (κ1) is 14.8. The maximum atomic E-state index is 11.7. The molecule has 0 saturated carbocycles. The molecule has 110 valence electrons. The molecule has 6 heteroatoms. The van der Waals surface area contributed by atoms with Gasteiger partial charge in [-0.05, 0) is 45.0 Å². The number of carboxylic acid groups (broad SMARTS) is 1. The van der Waals surface area contributed by atoms with E-state index in [1.807, 2.05) is 13.8 Å².